The van der Waals surface area contributed by atoms with Gasteiger partial charge < -0.3 is 4.90 Å². The van der Waals surface area contributed by atoms with Crippen LogP contribution in [0.2, 0.25) is 0 Å². The molecule has 0 bridgehead atoms. The summed E-state index contributed by atoms with van der Waals surface area (Å²) in [6, 6.07) is 0.441. The second-order valence-electron chi connectivity index (χ2n) is 5.16. The second kappa shape index (κ2) is 7.52. The average Bonchev–Trinajstić information content (AvgIpc) is 2.59. The molecule has 0 N–H and O–H groups in total. The molecule has 1 rings (SSSR count). The molecule has 98 valence electrons. The van der Waals surface area contributed by atoms with Crippen molar-refractivity contribution < 1.29 is 4.79 Å². The molecule has 1 amide bonds. The van der Waals surface area contributed by atoms with E-state index in [4.69, 9.17) is 0 Å². The number of hydrogen-bond acceptors (Lipinski definition) is 1. The molecule has 1 heterocycles. The summed E-state index contributed by atoms with van der Waals surface area (Å²) in [5.41, 5.74) is 0.821. The highest BCUT2D eigenvalue weighted by molar-refractivity contribution is 5.95. The van der Waals surface area contributed by atoms with Crippen LogP contribution in [0, 0.1) is 0 Å². The van der Waals surface area contributed by atoms with Gasteiger partial charge in [-0.05, 0) is 19.3 Å². The third-order valence-corrected chi connectivity index (χ3v) is 3.63. The Labute approximate surface area is 106 Å². The predicted octanol–water partition coefficient (Wildman–Crippen LogP) is 3.91. The lowest BCUT2D eigenvalue weighted by Crippen LogP contribution is -2.34. The Morgan fingerprint density at radius 3 is 2.53 bits per heavy atom. The number of carbonyl (C=O) groups excluding carboxylic acids is 1. The SMILES string of the molecule is C=C1CC(CCCC)N(CCCCCC)C1=O. The molecule has 1 aliphatic heterocycles. The minimum absolute atomic E-state index is 0.211. The van der Waals surface area contributed by atoms with Crippen LogP contribution >= 0.6 is 0 Å². The number of likely N-dealkylation sites (tertiary alicyclic amines) is 1. The summed E-state index contributed by atoms with van der Waals surface area (Å²) in [5.74, 6) is 0.211. The first-order valence-electron chi connectivity index (χ1n) is 7.19. The highest BCUT2D eigenvalue weighted by atomic mass is 16.2. The van der Waals surface area contributed by atoms with E-state index in [9.17, 15) is 4.79 Å². The number of carbonyl (C=O) groups is 1. The molecule has 0 aromatic rings. The Morgan fingerprint density at radius 1 is 1.18 bits per heavy atom. The van der Waals surface area contributed by atoms with Crippen molar-refractivity contribution in [2.24, 2.45) is 0 Å². The number of unbranched alkanes of at least 4 members (excludes halogenated alkanes) is 4. The van der Waals surface area contributed by atoms with E-state index in [2.05, 4.69) is 25.3 Å². The number of nitrogens with zero attached hydrogens (tertiary/aromatic N) is 1. The Bertz CT molecular complexity index is 260. The monoisotopic (exact) mass is 237 g/mol. The molecule has 0 spiro atoms. The fraction of sp³-hybridized carbons (Fsp3) is 0.800. The van der Waals surface area contributed by atoms with Gasteiger partial charge in [0, 0.05) is 18.2 Å². The summed E-state index contributed by atoms with van der Waals surface area (Å²) in [4.78, 5) is 14.0. The van der Waals surface area contributed by atoms with Gasteiger partial charge in [-0.3, -0.25) is 4.79 Å². The van der Waals surface area contributed by atoms with Gasteiger partial charge in [0.25, 0.3) is 0 Å². The standard InChI is InChI=1S/C15H27NO/c1-4-6-8-9-11-16-14(10-7-5-2)12-13(3)15(16)17/h14H,3-12H2,1-2H3. The molecule has 0 aromatic heterocycles. The lowest BCUT2D eigenvalue weighted by Gasteiger charge is -2.24. The zero-order valence-electron chi connectivity index (χ0n) is 11.5. The maximum Gasteiger partial charge on any atom is 0.249 e. The van der Waals surface area contributed by atoms with Crippen LogP contribution in [0.15, 0.2) is 12.2 Å². The van der Waals surface area contributed by atoms with Gasteiger partial charge in [-0.25, -0.2) is 0 Å². The van der Waals surface area contributed by atoms with E-state index >= 15 is 0 Å². The van der Waals surface area contributed by atoms with Crippen molar-refractivity contribution in [3.63, 3.8) is 0 Å². The Hall–Kier alpha value is -0.790. The number of rotatable bonds is 8. The fourth-order valence-electron chi connectivity index (χ4n) is 2.54. The highest BCUT2D eigenvalue weighted by Gasteiger charge is 2.32. The van der Waals surface area contributed by atoms with Gasteiger partial charge in [-0.1, -0.05) is 52.5 Å². The van der Waals surface area contributed by atoms with Crippen LogP contribution in [0.4, 0.5) is 0 Å². The van der Waals surface area contributed by atoms with Crippen molar-refractivity contribution in [2.75, 3.05) is 6.54 Å². The first-order valence-corrected chi connectivity index (χ1v) is 7.19. The molecule has 0 radical (unpaired) electrons. The van der Waals surface area contributed by atoms with Crippen LogP contribution in [0.25, 0.3) is 0 Å². The van der Waals surface area contributed by atoms with Crippen molar-refractivity contribution in [1.29, 1.82) is 0 Å². The molecule has 1 fully saturated rings. The molecule has 1 unspecified atom stereocenters. The van der Waals surface area contributed by atoms with Gasteiger partial charge in [0.15, 0.2) is 0 Å². The molecule has 1 saturated heterocycles. The van der Waals surface area contributed by atoms with E-state index in [0.717, 1.165) is 31.4 Å². The fourth-order valence-corrected chi connectivity index (χ4v) is 2.54. The van der Waals surface area contributed by atoms with Crippen LogP contribution < -0.4 is 0 Å². The molecule has 0 aromatic carbocycles. The second-order valence-corrected chi connectivity index (χ2v) is 5.16. The Balaban J connectivity index is 2.40. The molecule has 17 heavy (non-hydrogen) atoms. The van der Waals surface area contributed by atoms with Crippen molar-refractivity contribution >= 4 is 5.91 Å². The average molecular weight is 237 g/mol. The summed E-state index contributed by atoms with van der Waals surface area (Å²) in [7, 11) is 0. The van der Waals surface area contributed by atoms with Gasteiger partial charge in [-0.2, -0.15) is 0 Å². The van der Waals surface area contributed by atoms with Crippen LogP contribution in [0.1, 0.15) is 65.2 Å². The van der Waals surface area contributed by atoms with Crippen LogP contribution in [0.3, 0.4) is 0 Å². The topological polar surface area (TPSA) is 20.3 Å². The van der Waals surface area contributed by atoms with Crippen molar-refractivity contribution in [3.05, 3.63) is 12.2 Å². The third-order valence-electron chi connectivity index (χ3n) is 3.63. The van der Waals surface area contributed by atoms with Crippen LogP contribution in [-0.4, -0.2) is 23.4 Å². The minimum atomic E-state index is 0.211. The summed E-state index contributed by atoms with van der Waals surface area (Å²) in [6.07, 6.45) is 9.39. The first kappa shape index (κ1) is 14.3. The number of amides is 1. The highest BCUT2D eigenvalue weighted by Crippen LogP contribution is 2.26. The minimum Gasteiger partial charge on any atom is -0.336 e. The van der Waals surface area contributed by atoms with Crippen LogP contribution in [-0.2, 0) is 4.79 Å². The number of hydrogen-bond donors (Lipinski definition) is 0. The first-order chi connectivity index (χ1) is 8.20. The molecule has 0 aliphatic carbocycles. The van der Waals surface area contributed by atoms with E-state index in [1.54, 1.807) is 0 Å². The van der Waals surface area contributed by atoms with Gasteiger partial charge in [0.2, 0.25) is 5.91 Å². The smallest absolute Gasteiger partial charge is 0.249 e. The maximum atomic E-state index is 12.0. The van der Waals surface area contributed by atoms with Gasteiger partial charge in [0.1, 0.15) is 0 Å². The summed E-state index contributed by atoms with van der Waals surface area (Å²) in [6.45, 7) is 9.25. The predicted molar refractivity (Wildman–Crippen MR) is 72.9 cm³/mol. The zero-order valence-corrected chi connectivity index (χ0v) is 11.5. The van der Waals surface area contributed by atoms with E-state index in [-0.39, 0.29) is 5.91 Å². The molecular weight excluding hydrogens is 210 g/mol. The summed E-state index contributed by atoms with van der Waals surface area (Å²) < 4.78 is 0. The van der Waals surface area contributed by atoms with Crippen LogP contribution in [0.5, 0.6) is 0 Å². The van der Waals surface area contributed by atoms with E-state index in [1.165, 1.54) is 32.1 Å². The molecule has 1 aliphatic rings. The van der Waals surface area contributed by atoms with E-state index < -0.39 is 0 Å². The van der Waals surface area contributed by atoms with Crippen molar-refractivity contribution in [1.82, 2.24) is 4.90 Å². The lowest BCUT2D eigenvalue weighted by atomic mass is 10.1. The lowest BCUT2D eigenvalue weighted by molar-refractivity contribution is -0.126. The van der Waals surface area contributed by atoms with Crippen molar-refractivity contribution in [3.8, 4) is 0 Å². The van der Waals surface area contributed by atoms with Gasteiger partial charge in [-0.15, -0.1) is 0 Å². The largest absolute Gasteiger partial charge is 0.336 e. The molecule has 2 nitrogen and oxygen atoms in total. The summed E-state index contributed by atoms with van der Waals surface area (Å²) >= 11 is 0. The summed E-state index contributed by atoms with van der Waals surface area (Å²) in [5, 5.41) is 0. The zero-order chi connectivity index (χ0) is 12.7. The van der Waals surface area contributed by atoms with Crippen molar-refractivity contribution in [2.45, 2.75) is 71.3 Å². The normalized spacial score (nSPS) is 20.4. The molecular formula is C15H27NO. The van der Waals surface area contributed by atoms with E-state index in [0.29, 0.717) is 6.04 Å². The molecule has 2 heteroatoms. The quantitative estimate of drug-likeness (QED) is 0.463. The third kappa shape index (κ3) is 4.18. The Morgan fingerprint density at radius 2 is 1.88 bits per heavy atom. The Kier molecular flexibility index (Phi) is 6.31. The van der Waals surface area contributed by atoms with Gasteiger partial charge in [0.05, 0.1) is 0 Å². The molecule has 1 atom stereocenters. The maximum absolute atomic E-state index is 12.0. The molecule has 0 saturated carbocycles. The van der Waals surface area contributed by atoms with Gasteiger partial charge >= 0.3 is 0 Å². The van der Waals surface area contributed by atoms with E-state index in [1.807, 2.05) is 0 Å².